The third-order valence-corrected chi connectivity index (χ3v) is 6.47. The molecule has 31 heavy (non-hydrogen) atoms. The predicted octanol–water partition coefficient (Wildman–Crippen LogP) is 6.43. The van der Waals surface area contributed by atoms with Gasteiger partial charge in [0.2, 0.25) is 0 Å². The van der Waals surface area contributed by atoms with Crippen molar-refractivity contribution in [3.63, 3.8) is 0 Å². The minimum absolute atomic E-state index is 0.233. The van der Waals surface area contributed by atoms with Gasteiger partial charge in [0, 0.05) is 15.8 Å². The van der Waals surface area contributed by atoms with Crippen molar-refractivity contribution in [1.82, 2.24) is 10.4 Å². The normalized spacial score (nSPS) is 11.7. The fourth-order valence-electron chi connectivity index (χ4n) is 3.49. The zero-order chi connectivity index (χ0) is 22.0. The lowest BCUT2D eigenvalue weighted by Gasteiger charge is -2.11. The molecule has 0 aliphatic carbocycles. The van der Waals surface area contributed by atoms with Gasteiger partial charge in [-0.05, 0) is 68.7 Å². The number of aromatic nitrogens is 1. The number of amides is 1. The number of carbonyl (C=O) groups excluding carboxylic acids is 1. The minimum Gasteiger partial charge on any atom is -0.267 e. The number of para-hydroxylation sites is 1. The monoisotopic (exact) mass is 427 g/mol. The maximum Gasteiger partial charge on any atom is 0.272 e. The Hall–Kier alpha value is -3.31. The highest BCUT2D eigenvalue weighted by Gasteiger charge is 2.15. The van der Waals surface area contributed by atoms with Crippen LogP contribution in [0.4, 0.5) is 0 Å². The van der Waals surface area contributed by atoms with Crippen molar-refractivity contribution < 1.29 is 4.79 Å². The smallest absolute Gasteiger partial charge is 0.267 e. The highest BCUT2D eigenvalue weighted by Crippen LogP contribution is 2.26. The molecule has 0 aliphatic rings. The van der Waals surface area contributed by atoms with Crippen LogP contribution in [0.1, 0.15) is 44.6 Å². The molecular weight excluding hydrogens is 402 g/mol. The number of fused-ring (bicyclic) bond motifs is 1. The zero-order valence-corrected chi connectivity index (χ0v) is 19.0. The van der Waals surface area contributed by atoms with Gasteiger partial charge in [0.25, 0.3) is 5.91 Å². The number of nitrogens with zero attached hydrogens (tertiary/aromatic N) is 2. The average Bonchev–Trinajstić information content (AvgIpc) is 3.21. The third-order valence-electron chi connectivity index (χ3n) is 5.42. The van der Waals surface area contributed by atoms with Gasteiger partial charge in [-0.25, -0.2) is 10.4 Å². The lowest BCUT2D eigenvalue weighted by atomic mass is 10.0. The SMILES string of the molecule is CCC(=NNC(=O)c1cc(-c2ccc(C)c(C)c2)nc2ccccc12)c1ccc(C)s1. The summed E-state index contributed by atoms with van der Waals surface area (Å²) < 4.78 is 0. The summed E-state index contributed by atoms with van der Waals surface area (Å²) in [5.41, 5.74) is 9.21. The molecule has 2 aromatic heterocycles. The van der Waals surface area contributed by atoms with Crippen molar-refractivity contribution in [2.75, 3.05) is 0 Å². The van der Waals surface area contributed by atoms with E-state index in [-0.39, 0.29) is 5.91 Å². The van der Waals surface area contributed by atoms with E-state index < -0.39 is 0 Å². The van der Waals surface area contributed by atoms with Crippen LogP contribution in [0.5, 0.6) is 0 Å². The van der Waals surface area contributed by atoms with E-state index >= 15 is 0 Å². The fourth-order valence-corrected chi connectivity index (χ4v) is 4.42. The molecule has 4 aromatic rings. The van der Waals surface area contributed by atoms with Gasteiger partial charge in [0.15, 0.2) is 0 Å². The zero-order valence-electron chi connectivity index (χ0n) is 18.2. The second-order valence-electron chi connectivity index (χ2n) is 7.63. The Morgan fingerprint density at radius 3 is 2.52 bits per heavy atom. The predicted molar refractivity (Wildman–Crippen MR) is 130 cm³/mol. The Bertz CT molecular complexity index is 1300. The Balaban J connectivity index is 1.74. The number of thiophene rings is 1. The van der Waals surface area contributed by atoms with Gasteiger partial charge in [0.1, 0.15) is 0 Å². The highest BCUT2D eigenvalue weighted by atomic mass is 32.1. The van der Waals surface area contributed by atoms with Gasteiger partial charge >= 0.3 is 0 Å². The number of pyridine rings is 1. The van der Waals surface area contributed by atoms with Crippen LogP contribution in [-0.4, -0.2) is 16.6 Å². The number of nitrogens with one attached hydrogen (secondary N) is 1. The number of hydrazone groups is 1. The Labute approximate surface area is 186 Å². The molecule has 4 rings (SSSR count). The molecule has 1 amide bonds. The number of benzene rings is 2. The third kappa shape index (κ3) is 4.42. The first kappa shape index (κ1) is 20.9. The van der Waals surface area contributed by atoms with Gasteiger partial charge in [-0.2, -0.15) is 5.10 Å². The van der Waals surface area contributed by atoms with Crippen molar-refractivity contribution in [3.8, 4) is 11.3 Å². The second kappa shape index (κ2) is 8.82. The highest BCUT2D eigenvalue weighted by molar-refractivity contribution is 7.14. The molecule has 5 heteroatoms. The van der Waals surface area contributed by atoms with Crippen LogP contribution in [0.15, 0.2) is 65.8 Å². The lowest BCUT2D eigenvalue weighted by Crippen LogP contribution is -2.20. The molecule has 0 fully saturated rings. The van der Waals surface area contributed by atoms with Crippen molar-refractivity contribution in [1.29, 1.82) is 0 Å². The van der Waals surface area contributed by atoms with Gasteiger partial charge in [-0.1, -0.05) is 37.3 Å². The molecule has 0 atom stereocenters. The summed E-state index contributed by atoms with van der Waals surface area (Å²) in [5.74, 6) is -0.233. The number of hydrogen-bond donors (Lipinski definition) is 1. The van der Waals surface area contributed by atoms with E-state index in [1.54, 1.807) is 11.3 Å². The molecular formula is C26H25N3OS. The van der Waals surface area contributed by atoms with Crippen LogP contribution >= 0.6 is 11.3 Å². The van der Waals surface area contributed by atoms with Crippen LogP contribution < -0.4 is 5.43 Å². The second-order valence-corrected chi connectivity index (χ2v) is 8.92. The van der Waals surface area contributed by atoms with Gasteiger partial charge < -0.3 is 0 Å². The summed E-state index contributed by atoms with van der Waals surface area (Å²) in [6.45, 7) is 8.28. The number of aryl methyl sites for hydroxylation is 3. The van der Waals surface area contributed by atoms with Crippen molar-refractivity contribution in [2.45, 2.75) is 34.1 Å². The minimum atomic E-state index is -0.233. The van der Waals surface area contributed by atoms with Crippen LogP contribution in [0, 0.1) is 20.8 Å². The van der Waals surface area contributed by atoms with E-state index in [9.17, 15) is 4.79 Å². The van der Waals surface area contributed by atoms with E-state index in [2.05, 4.69) is 49.5 Å². The molecule has 2 heterocycles. The average molecular weight is 428 g/mol. The Morgan fingerprint density at radius 2 is 1.81 bits per heavy atom. The number of rotatable bonds is 5. The lowest BCUT2D eigenvalue weighted by molar-refractivity contribution is 0.0956. The quantitative estimate of drug-likeness (QED) is 0.295. The Morgan fingerprint density at radius 1 is 1.00 bits per heavy atom. The summed E-state index contributed by atoms with van der Waals surface area (Å²) in [4.78, 5) is 20.3. The maximum atomic E-state index is 13.2. The topological polar surface area (TPSA) is 54.4 Å². The largest absolute Gasteiger partial charge is 0.272 e. The molecule has 2 aromatic carbocycles. The van der Waals surface area contributed by atoms with Crippen molar-refractivity contribution >= 4 is 33.9 Å². The number of carbonyl (C=O) groups is 1. The van der Waals surface area contributed by atoms with E-state index in [1.807, 2.05) is 49.4 Å². The van der Waals surface area contributed by atoms with Crippen LogP contribution in [0.3, 0.4) is 0 Å². The van der Waals surface area contributed by atoms with Crippen molar-refractivity contribution in [2.24, 2.45) is 5.10 Å². The molecule has 0 bridgehead atoms. The number of hydrogen-bond acceptors (Lipinski definition) is 4. The summed E-state index contributed by atoms with van der Waals surface area (Å²) >= 11 is 1.68. The van der Waals surface area contributed by atoms with Gasteiger partial charge in [-0.3, -0.25) is 4.79 Å². The summed E-state index contributed by atoms with van der Waals surface area (Å²) in [5, 5.41) is 5.26. The first-order valence-electron chi connectivity index (χ1n) is 10.4. The van der Waals surface area contributed by atoms with E-state index in [1.165, 1.54) is 16.0 Å². The van der Waals surface area contributed by atoms with Crippen LogP contribution in [-0.2, 0) is 0 Å². The molecule has 0 radical (unpaired) electrons. The molecule has 0 saturated carbocycles. The maximum absolute atomic E-state index is 13.2. The van der Waals surface area contributed by atoms with Gasteiger partial charge in [0.05, 0.1) is 27.4 Å². The molecule has 0 aliphatic heterocycles. The standard InChI is InChI=1S/C26H25N3OS/c1-5-22(25-13-11-18(4)31-25)28-29-26(30)21-15-24(19-12-10-16(2)17(3)14-19)27-23-9-7-6-8-20(21)23/h6-15H,5H2,1-4H3,(H,29,30). The first-order valence-corrected chi connectivity index (χ1v) is 11.2. The summed E-state index contributed by atoms with van der Waals surface area (Å²) in [6.07, 6.45) is 0.741. The summed E-state index contributed by atoms with van der Waals surface area (Å²) in [6, 6.07) is 19.9. The molecule has 4 nitrogen and oxygen atoms in total. The fraction of sp³-hybridized carbons (Fsp3) is 0.192. The van der Waals surface area contributed by atoms with E-state index in [0.717, 1.165) is 39.2 Å². The molecule has 0 unspecified atom stereocenters. The molecule has 1 N–H and O–H groups in total. The van der Waals surface area contributed by atoms with E-state index in [4.69, 9.17) is 4.98 Å². The van der Waals surface area contributed by atoms with Crippen molar-refractivity contribution in [3.05, 3.63) is 87.1 Å². The molecule has 156 valence electrons. The molecule has 0 spiro atoms. The molecule has 0 saturated heterocycles. The van der Waals surface area contributed by atoms with Gasteiger partial charge in [-0.15, -0.1) is 11.3 Å². The van der Waals surface area contributed by atoms with Crippen LogP contribution in [0.2, 0.25) is 0 Å². The summed E-state index contributed by atoms with van der Waals surface area (Å²) in [7, 11) is 0. The first-order chi connectivity index (χ1) is 15.0. The Kier molecular flexibility index (Phi) is 5.96. The van der Waals surface area contributed by atoms with Crippen LogP contribution in [0.25, 0.3) is 22.2 Å². The van der Waals surface area contributed by atoms with E-state index in [0.29, 0.717) is 5.56 Å².